The van der Waals surface area contributed by atoms with Crippen molar-refractivity contribution in [1.82, 2.24) is 34.8 Å². The smallest absolute Gasteiger partial charge is 0.291 e. The molecule has 6 rings (SSSR count). The lowest BCUT2D eigenvalue weighted by atomic mass is 9.97. The van der Waals surface area contributed by atoms with Crippen molar-refractivity contribution in [1.29, 1.82) is 0 Å². The zero-order valence-electron chi connectivity index (χ0n) is 18.6. The van der Waals surface area contributed by atoms with Gasteiger partial charge in [0.15, 0.2) is 15.7 Å². The molecule has 3 aromatic heterocycles. The quantitative estimate of drug-likeness (QED) is 0.402. The number of sulfonamides is 1. The van der Waals surface area contributed by atoms with E-state index in [0.717, 1.165) is 36.3 Å². The molecule has 0 bridgehead atoms. The van der Waals surface area contributed by atoms with Gasteiger partial charge in [0.2, 0.25) is 10.0 Å². The highest BCUT2D eigenvalue weighted by Gasteiger charge is 2.41. The van der Waals surface area contributed by atoms with Gasteiger partial charge in [-0.2, -0.15) is 5.10 Å². The number of nitrogens with one attached hydrogen (secondary N) is 2. The van der Waals surface area contributed by atoms with Crippen molar-refractivity contribution in [3.05, 3.63) is 41.0 Å². The van der Waals surface area contributed by atoms with E-state index < -0.39 is 27.0 Å². The lowest BCUT2D eigenvalue weighted by Gasteiger charge is -2.20. The summed E-state index contributed by atoms with van der Waals surface area (Å²) < 4.78 is 57.8. The van der Waals surface area contributed by atoms with Crippen molar-refractivity contribution in [2.75, 3.05) is 13.1 Å². The second kappa shape index (κ2) is 8.08. The molecule has 1 aliphatic heterocycles. The van der Waals surface area contributed by atoms with Crippen molar-refractivity contribution in [3.63, 3.8) is 0 Å². The number of rotatable bonds is 6. The van der Waals surface area contributed by atoms with Crippen LogP contribution in [0.25, 0.3) is 32.8 Å². The second-order valence-corrected chi connectivity index (χ2v) is 11.7. The molecule has 182 valence electrons. The third-order valence-electron chi connectivity index (χ3n) is 6.33. The molecule has 2 aliphatic rings. The van der Waals surface area contributed by atoms with Gasteiger partial charge in [0, 0.05) is 29.1 Å². The Kier molecular flexibility index (Phi) is 5.22. The van der Waals surface area contributed by atoms with Gasteiger partial charge in [0.25, 0.3) is 6.43 Å². The van der Waals surface area contributed by atoms with Crippen LogP contribution in [0.2, 0.25) is 0 Å². The molecular weight excluding hydrogens is 496 g/mol. The van der Waals surface area contributed by atoms with E-state index in [1.807, 2.05) is 13.0 Å². The van der Waals surface area contributed by atoms with Gasteiger partial charge in [-0.25, -0.2) is 31.4 Å². The Morgan fingerprint density at radius 3 is 2.77 bits per heavy atom. The van der Waals surface area contributed by atoms with E-state index in [-0.39, 0.29) is 9.90 Å². The Morgan fingerprint density at radius 2 is 2.09 bits per heavy atom. The van der Waals surface area contributed by atoms with Crippen LogP contribution in [0.4, 0.5) is 8.78 Å². The van der Waals surface area contributed by atoms with Gasteiger partial charge in [0.05, 0.1) is 16.6 Å². The van der Waals surface area contributed by atoms with E-state index >= 15 is 0 Å². The molecule has 35 heavy (non-hydrogen) atoms. The van der Waals surface area contributed by atoms with Crippen molar-refractivity contribution in [3.8, 4) is 10.7 Å². The van der Waals surface area contributed by atoms with Gasteiger partial charge in [-0.05, 0) is 50.4 Å². The highest BCUT2D eigenvalue weighted by molar-refractivity contribution is 7.89. The summed E-state index contributed by atoms with van der Waals surface area (Å²) in [5, 5.41) is 15.5. The maximum atomic E-state index is 13.4. The van der Waals surface area contributed by atoms with Crippen LogP contribution >= 0.6 is 11.3 Å². The molecular formula is C22H21F2N7O2S2. The number of benzene rings is 1. The minimum Gasteiger partial charge on any atom is -0.313 e. The van der Waals surface area contributed by atoms with Gasteiger partial charge in [-0.15, -0.1) is 10.2 Å². The van der Waals surface area contributed by atoms with E-state index in [1.165, 1.54) is 6.07 Å². The minimum atomic E-state index is -3.86. The summed E-state index contributed by atoms with van der Waals surface area (Å²) in [6.45, 7) is 3.27. The first-order valence-electron chi connectivity index (χ1n) is 11.1. The Bertz CT molecular complexity index is 1610. The SMILES string of the molecule is CC1(NS(=O)(=O)c2cc(C3=CCNCC3)c3c(c2)c(-c2nnc(C(F)F)s2)nc2ccnn23)CC1. The molecule has 0 amide bonds. The molecule has 0 unspecified atom stereocenters. The molecule has 0 radical (unpaired) electrons. The van der Waals surface area contributed by atoms with Crippen molar-refractivity contribution >= 4 is 43.5 Å². The zero-order valence-corrected chi connectivity index (χ0v) is 20.3. The van der Waals surface area contributed by atoms with Crippen LogP contribution < -0.4 is 10.0 Å². The first kappa shape index (κ1) is 22.6. The lowest BCUT2D eigenvalue weighted by Crippen LogP contribution is -2.34. The summed E-state index contributed by atoms with van der Waals surface area (Å²) in [5.74, 6) is 0. The standard InChI is InChI=1S/C22H21F2N7O2S2/c1-22(5-6-22)30-35(32,33)13-10-14(12-2-7-25-8-3-12)18-15(11-13)17(27-16-4-9-26-31(16)18)20-28-29-21(34-20)19(23)24/h2,4,9-11,19,25,30H,3,5-8H2,1H3. The molecule has 0 saturated heterocycles. The molecule has 0 atom stereocenters. The molecule has 1 aromatic carbocycles. The number of hydrogen-bond acceptors (Lipinski definition) is 8. The Balaban J connectivity index is 1.68. The van der Waals surface area contributed by atoms with Crippen LogP contribution in [0, 0.1) is 0 Å². The van der Waals surface area contributed by atoms with Crippen LogP contribution in [-0.4, -0.2) is 51.8 Å². The van der Waals surface area contributed by atoms with Crippen molar-refractivity contribution in [2.45, 2.75) is 43.0 Å². The molecule has 0 spiro atoms. The normalized spacial score (nSPS) is 17.9. The summed E-state index contributed by atoms with van der Waals surface area (Å²) >= 11 is 0.741. The van der Waals surface area contributed by atoms with Gasteiger partial charge in [0.1, 0.15) is 5.69 Å². The number of hydrogen-bond donors (Lipinski definition) is 2. The van der Waals surface area contributed by atoms with Gasteiger partial charge < -0.3 is 5.32 Å². The maximum Gasteiger partial charge on any atom is 0.291 e. The maximum absolute atomic E-state index is 13.4. The number of alkyl halides is 2. The topological polar surface area (TPSA) is 114 Å². The molecule has 2 N–H and O–H groups in total. The number of fused-ring (bicyclic) bond motifs is 3. The average molecular weight is 518 g/mol. The predicted molar refractivity (Wildman–Crippen MR) is 128 cm³/mol. The minimum absolute atomic E-state index is 0.0840. The van der Waals surface area contributed by atoms with Crippen LogP contribution in [0.5, 0.6) is 0 Å². The fourth-order valence-electron chi connectivity index (χ4n) is 4.27. The third kappa shape index (κ3) is 4.01. The van der Waals surface area contributed by atoms with E-state index in [2.05, 4.69) is 30.3 Å². The number of halogens is 2. The number of aromatic nitrogens is 5. The fourth-order valence-corrected chi connectivity index (χ4v) is 6.49. The predicted octanol–water partition coefficient (Wildman–Crippen LogP) is 3.55. The fraction of sp³-hybridized carbons (Fsp3) is 0.364. The van der Waals surface area contributed by atoms with Crippen LogP contribution in [0.15, 0.2) is 35.4 Å². The average Bonchev–Trinajstić information content (AvgIpc) is 3.22. The monoisotopic (exact) mass is 517 g/mol. The zero-order chi connectivity index (χ0) is 24.4. The van der Waals surface area contributed by atoms with E-state index in [1.54, 1.807) is 22.8 Å². The van der Waals surface area contributed by atoms with Gasteiger partial charge in [-0.1, -0.05) is 17.4 Å². The highest BCUT2D eigenvalue weighted by atomic mass is 32.2. The Hall–Kier alpha value is -2.87. The molecule has 9 nitrogen and oxygen atoms in total. The molecule has 13 heteroatoms. The summed E-state index contributed by atoms with van der Waals surface area (Å²) in [5.41, 5.74) is 2.66. The molecule has 4 heterocycles. The highest BCUT2D eigenvalue weighted by Crippen LogP contribution is 2.40. The largest absolute Gasteiger partial charge is 0.313 e. The van der Waals surface area contributed by atoms with Gasteiger partial charge in [-0.3, -0.25) is 0 Å². The summed E-state index contributed by atoms with van der Waals surface area (Å²) in [7, 11) is -3.86. The Morgan fingerprint density at radius 1 is 1.26 bits per heavy atom. The van der Waals surface area contributed by atoms with E-state index in [4.69, 9.17) is 0 Å². The second-order valence-electron chi connectivity index (χ2n) is 9.02. The van der Waals surface area contributed by atoms with Crippen molar-refractivity contribution in [2.24, 2.45) is 0 Å². The lowest BCUT2D eigenvalue weighted by molar-refractivity contribution is 0.150. The summed E-state index contributed by atoms with van der Waals surface area (Å²) in [6, 6.07) is 4.91. The molecule has 1 aliphatic carbocycles. The van der Waals surface area contributed by atoms with Crippen LogP contribution in [0.1, 0.15) is 43.2 Å². The first-order chi connectivity index (χ1) is 16.7. The Labute approximate surface area is 203 Å². The van der Waals surface area contributed by atoms with Crippen LogP contribution in [-0.2, 0) is 10.0 Å². The van der Waals surface area contributed by atoms with E-state index in [0.29, 0.717) is 40.8 Å². The van der Waals surface area contributed by atoms with Gasteiger partial charge >= 0.3 is 0 Å². The molecule has 1 fully saturated rings. The first-order valence-corrected chi connectivity index (χ1v) is 13.4. The molecule has 4 aromatic rings. The molecule has 1 saturated carbocycles. The van der Waals surface area contributed by atoms with Crippen molar-refractivity contribution < 1.29 is 17.2 Å². The van der Waals surface area contributed by atoms with E-state index in [9.17, 15) is 17.2 Å². The van der Waals surface area contributed by atoms with Crippen LogP contribution in [0.3, 0.4) is 0 Å². The number of nitrogens with zero attached hydrogens (tertiary/aromatic N) is 5. The summed E-state index contributed by atoms with van der Waals surface area (Å²) in [4.78, 5) is 4.70. The third-order valence-corrected chi connectivity index (χ3v) is 8.89. The summed E-state index contributed by atoms with van der Waals surface area (Å²) in [6.07, 6.45) is 3.09.